The maximum atomic E-state index is 4.97. The van der Waals surface area contributed by atoms with E-state index >= 15 is 0 Å². The molecule has 0 saturated carbocycles. The molecule has 0 amide bonds. The van der Waals surface area contributed by atoms with Crippen LogP contribution >= 0.6 is 27.9 Å². The molecule has 0 aromatic rings. The van der Waals surface area contributed by atoms with Crippen molar-refractivity contribution in [1.82, 2.24) is 0 Å². The van der Waals surface area contributed by atoms with Crippen LogP contribution in [0.4, 0.5) is 0 Å². The Labute approximate surface area is 56.2 Å². The van der Waals surface area contributed by atoms with Gasteiger partial charge in [0.05, 0.1) is 0 Å². The van der Waals surface area contributed by atoms with Gasteiger partial charge in [0, 0.05) is 0 Å². The van der Waals surface area contributed by atoms with Gasteiger partial charge in [-0.3, -0.25) is 0 Å². The van der Waals surface area contributed by atoms with E-state index < -0.39 is 14.7 Å². The van der Waals surface area contributed by atoms with Crippen LogP contribution in [0, 0.1) is 0 Å². The number of rotatable bonds is 0. The van der Waals surface area contributed by atoms with Gasteiger partial charge in [-0.05, 0) is 0 Å². The average molecular weight is 184 g/mol. The molecule has 0 aliphatic heterocycles. The van der Waals surface area contributed by atoms with Gasteiger partial charge in [-0.2, -0.15) is 0 Å². The molecule has 0 aromatic carbocycles. The second kappa shape index (κ2) is 9.77. The summed E-state index contributed by atoms with van der Waals surface area (Å²) in [5.74, 6) is 0. The Morgan fingerprint density at radius 3 is 1.00 bits per heavy atom. The second-order valence-electron chi connectivity index (χ2n) is 0.214. The summed E-state index contributed by atoms with van der Waals surface area (Å²) in [6.07, 6.45) is 0. The molecule has 6 heavy (non-hydrogen) atoms. The molecule has 0 fully saturated rings. The first-order valence-corrected chi connectivity index (χ1v) is 8.01. The minimum atomic E-state index is -1.92. The number of hydrogen-bond acceptors (Lipinski definition) is 0. The molecule has 0 aliphatic carbocycles. The van der Waals surface area contributed by atoms with Crippen molar-refractivity contribution in [2.24, 2.45) is 0 Å². The number of halogens is 3. The Bertz CT molecular complexity index is 13.5. The quantitative estimate of drug-likeness (QED) is 0.507. The Kier molecular flexibility index (Phi) is 17.2. The summed E-state index contributed by atoms with van der Waals surface area (Å²) in [4.78, 5) is 0. The van der Waals surface area contributed by atoms with E-state index in [9.17, 15) is 0 Å². The molecule has 0 atom stereocenters. The zero-order valence-electron chi connectivity index (χ0n) is 3.63. The summed E-state index contributed by atoms with van der Waals surface area (Å²) < 4.78 is 0. The second-order valence-corrected chi connectivity index (χ2v) is 7.95. The third kappa shape index (κ3) is 46.8. The minimum absolute atomic E-state index is 1.92. The molecule has 0 saturated heterocycles. The Morgan fingerprint density at radius 2 is 1.00 bits per heavy atom. The van der Waals surface area contributed by atoms with Gasteiger partial charge >= 0.3 is 42.6 Å². The molecule has 0 heterocycles. The molecule has 0 N–H and O–H groups in total. The fraction of sp³-hybridized carbons (Fsp3) is 1.00. The molecule has 0 nitrogen and oxygen atoms in total. The van der Waals surface area contributed by atoms with Crippen LogP contribution in [0.15, 0.2) is 0 Å². The SMILES string of the molecule is CC.[Cl][Ti]([Cl])[Cl]. The monoisotopic (exact) mass is 183 g/mol. The van der Waals surface area contributed by atoms with Crippen molar-refractivity contribution in [1.29, 1.82) is 0 Å². The van der Waals surface area contributed by atoms with E-state index in [1.807, 2.05) is 13.8 Å². The molecule has 0 spiro atoms. The van der Waals surface area contributed by atoms with Crippen LogP contribution < -0.4 is 0 Å². The van der Waals surface area contributed by atoms with Crippen LogP contribution in [0.2, 0.25) is 0 Å². The third-order valence-electron chi connectivity index (χ3n) is 0. The average Bonchev–Trinajstić information content (AvgIpc) is 1.41. The Hall–Kier alpha value is 1.58. The van der Waals surface area contributed by atoms with Gasteiger partial charge < -0.3 is 0 Å². The van der Waals surface area contributed by atoms with Gasteiger partial charge in [0.25, 0.3) is 0 Å². The fourth-order valence-electron chi connectivity index (χ4n) is 0. The van der Waals surface area contributed by atoms with Crippen molar-refractivity contribution < 1.29 is 14.7 Å². The predicted octanol–water partition coefficient (Wildman–Crippen LogP) is 3.09. The normalized spacial score (nSPS) is 5.50. The molecule has 39 valence electrons. The Morgan fingerprint density at radius 1 is 1.00 bits per heavy atom. The fourth-order valence-corrected chi connectivity index (χ4v) is 0. The van der Waals surface area contributed by atoms with Crippen molar-refractivity contribution in [3.05, 3.63) is 0 Å². The molecular weight excluding hydrogens is 178 g/mol. The molecular formula is C2H6Cl3Ti. The van der Waals surface area contributed by atoms with Gasteiger partial charge in [0.1, 0.15) is 0 Å². The zero-order valence-corrected chi connectivity index (χ0v) is 7.46. The molecule has 0 unspecified atom stereocenters. The first-order chi connectivity index (χ1) is 2.73. The van der Waals surface area contributed by atoms with E-state index in [1.54, 1.807) is 0 Å². The van der Waals surface area contributed by atoms with Crippen LogP contribution in [0.5, 0.6) is 0 Å². The summed E-state index contributed by atoms with van der Waals surface area (Å²) in [7, 11) is 14.9. The molecule has 0 bridgehead atoms. The molecule has 0 aromatic heterocycles. The van der Waals surface area contributed by atoms with Gasteiger partial charge in [0.2, 0.25) is 0 Å². The van der Waals surface area contributed by atoms with Crippen molar-refractivity contribution in [3.63, 3.8) is 0 Å². The van der Waals surface area contributed by atoms with Gasteiger partial charge in [-0.1, -0.05) is 13.8 Å². The molecule has 0 radical (unpaired) electrons. The van der Waals surface area contributed by atoms with E-state index in [4.69, 9.17) is 27.9 Å². The van der Waals surface area contributed by atoms with Crippen molar-refractivity contribution in [2.75, 3.05) is 0 Å². The van der Waals surface area contributed by atoms with Crippen LogP contribution in [-0.4, -0.2) is 0 Å². The summed E-state index contributed by atoms with van der Waals surface area (Å²) in [5.41, 5.74) is 0. The first kappa shape index (κ1) is 10.5. The molecule has 0 rings (SSSR count). The summed E-state index contributed by atoms with van der Waals surface area (Å²) >= 11 is -1.92. The van der Waals surface area contributed by atoms with Crippen LogP contribution in [0.3, 0.4) is 0 Å². The Balaban J connectivity index is 0. The van der Waals surface area contributed by atoms with Crippen LogP contribution in [0.1, 0.15) is 13.8 Å². The first-order valence-electron chi connectivity index (χ1n) is 1.57. The van der Waals surface area contributed by atoms with Gasteiger partial charge in [-0.25, -0.2) is 0 Å². The summed E-state index contributed by atoms with van der Waals surface area (Å²) in [5, 5.41) is 0. The zero-order chi connectivity index (χ0) is 5.58. The van der Waals surface area contributed by atoms with Crippen LogP contribution in [-0.2, 0) is 14.7 Å². The number of hydrogen-bond donors (Lipinski definition) is 0. The maximum absolute atomic E-state index is 4.97. The van der Waals surface area contributed by atoms with Crippen molar-refractivity contribution in [2.45, 2.75) is 13.8 Å². The van der Waals surface area contributed by atoms with E-state index in [0.29, 0.717) is 0 Å². The third-order valence-corrected chi connectivity index (χ3v) is 0. The molecule has 0 aliphatic rings. The molecule has 4 heteroatoms. The van der Waals surface area contributed by atoms with Crippen LogP contribution in [0.25, 0.3) is 0 Å². The van der Waals surface area contributed by atoms with Crippen molar-refractivity contribution >= 4 is 27.9 Å². The predicted molar refractivity (Wildman–Crippen MR) is 28.9 cm³/mol. The van der Waals surface area contributed by atoms with E-state index in [1.165, 1.54) is 0 Å². The van der Waals surface area contributed by atoms with Crippen molar-refractivity contribution in [3.8, 4) is 0 Å². The van der Waals surface area contributed by atoms with E-state index in [0.717, 1.165) is 0 Å². The van der Waals surface area contributed by atoms with E-state index in [-0.39, 0.29) is 0 Å². The van der Waals surface area contributed by atoms with Gasteiger partial charge in [-0.15, -0.1) is 0 Å². The topological polar surface area (TPSA) is 0 Å². The van der Waals surface area contributed by atoms with E-state index in [2.05, 4.69) is 0 Å². The van der Waals surface area contributed by atoms with Gasteiger partial charge in [0.15, 0.2) is 0 Å². The standard InChI is InChI=1S/C2H6.3ClH.Ti/c1-2;;;;/h1-2H3;3*1H;/q;;;;+3/p-3. The summed E-state index contributed by atoms with van der Waals surface area (Å²) in [6.45, 7) is 4.00. The summed E-state index contributed by atoms with van der Waals surface area (Å²) in [6, 6.07) is 0.